The molecule has 0 aliphatic heterocycles. The topological polar surface area (TPSA) is 104 Å². The van der Waals surface area contributed by atoms with Gasteiger partial charge in [0.2, 0.25) is 0 Å². The van der Waals surface area contributed by atoms with E-state index in [0.29, 0.717) is 19.3 Å². The van der Waals surface area contributed by atoms with E-state index in [0.717, 1.165) is 16.7 Å². The number of benzene rings is 2. The highest BCUT2D eigenvalue weighted by Crippen LogP contribution is 2.79. The average molecular weight is 402 g/mol. The Hall–Kier alpha value is -2.97. The van der Waals surface area contributed by atoms with E-state index in [1.54, 1.807) is 0 Å². The van der Waals surface area contributed by atoms with Crippen molar-refractivity contribution in [2.45, 2.75) is 26.2 Å². The van der Waals surface area contributed by atoms with E-state index in [9.17, 15) is 20.0 Å². The van der Waals surface area contributed by atoms with Crippen LogP contribution in [-0.4, -0.2) is 23.4 Å². The van der Waals surface area contributed by atoms with Crippen molar-refractivity contribution in [3.05, 3.63) is 60.2 Å². The van der Waals surface area contributed by atoms with E-state index in [-0.39, 0.29) is 24.2 Å². The van der Waals surface area contributed by atoms with Crippen molar-refractivity contribution >= 4 is 11.8 Å². The summed E-state index contributed by atoms with van der Waals surface area (Å²) in [5, 5.41) is 19.9. The Labute approximate surface area is 176 Å². The van der Waals surface area contributed by atoms with Crippen molar-refractivity contribution in [3.8, 4) is 17.2 Å². The molecule has 0 heterocycles. The number of carboxylic acid groups (broad SMARTS) is 1. The minimum atomic E-state index is -1.33. The monoisotopic (exact) mass is 402 g/mol. The van der Waals surface area contributed by atoms with Gasteiger partial charge in [-0.2, -0.15) is 5.26 Å². The predicted octanol–water partition coefficient (Wildman–Crippen LogP) is 3.68. The molecule has 5 nitrogen and oxygen atoms in total. The third-order valence-electron chi connectivity index (χ3n) is 7.59. The van der Waals surface area contributed by atoms with Crippen LogP contribution in [0, 0.1) is 39.9 Å². The maximum Gasteiger partial charge on any atom is 0.307 e. The van der Waals surface area contributed by atoms with Crippen LogP contribution in [0.15, 0.2) is 54.6 Å². The zero-order chi connectivity index (χ0) is 21.5. The van der Waals surface area contributed by atoms with Crippen molar-refractivity contribution in [3.63, 3.8) is 0 Å². The second-order valence-corrected chi connectivity index (χ2v) is 8.56. The van der Waals surface area contributed by atoms with Gasteiger partial charge in [0.05, 0.1) is 18.5 Å². The van der Waals surface area contributed by atoms with Crippen molar-refractivity contribution in [1.29, 1.82) is 5.26 Å². The lowest BCUT2D eigenvalue weighted by atomic mass is 9.61. The molecule has 5 atom stereocenters. The van der Waals surface area contributed by atoms with Crippen LogP contribution >= 0.6 is 0 Å². The number of carbonyl (C=O) groups is 2. The summed E-state index contributed by atoms with van der Waals surface area (Å²) < 4.78 is 0. The molecule has 154 valence electrons. The Bertz CT molecular complexity index is 1010. The van der Waals surface area contributed by atoms with Gasteiger partial charge in [-0.3, -0.25) is 9.59 Å². The number of ketones is 1. The van der Waals surface area contributed by atoms with E-state index in [1.165, 1.54) is 0 Å². The summed E-state index contributed by atoms with van der Waals surface area (Å²) in [6.07, 6.45) is 1.64. The fourth-order valence-corrected chi connectivity index (χ4v) is 6.31. The molecular weight excluding hydrogens is 376 g/mol. The van der Waals surface area contributed by atoms with Crippen LogP contribution < -0.4 is 5.73 Å². The first-order valence-electron chi connectivity index (χ1n) is 10.5. The summed E-state index contributed by atoms with van der Waals surface area (Å²) in [6, 6.07) is 20.6. The van der Waals surface area contributed by atoms with E-state index in [4.69, 9.17) is 5.73 Å². The maximum atomic E-state index is 13.0. The first-order valence-corrected chi connectivity index (χ1v) is 10.5. The van der Waals surface area contributed by atoms with Gasteiger partial charge < -0.3 is 10.8 Å². The third kappa shape index (κ3) is 2.64. The number of aliphatic carboxylic acids is 1. The molecule has 5 heteroatoms. The van der Waals surface area contributed by atoms with Crippen LogP contribution in [0.1, 0.15) is 25.3 Å². The minimum absolute atomic E-state index is 0.135. The largest absolute Gasteiger partial charge is 0.481 e. The van der Waals surface area contributed by atoms with Gasteiger partial charge in [0.1, 0.15) is 5.41 Å². The second kappa shape index (κ2) is 7.37. The minimum Gasteiger partial charge on any atom is -0.481 e. The molecule has 2 saturated carbocycles. The molecule has 2 aliphatic carbocycles. The Kier molecular flexibility index (Phi) is 4.99. The lowest BCUT2D eigenvalue weighted by Gasteiger charge is -2.37. The first kappa shape index (κ1) is 20.3. The van der Waals surface area contributed by atoms with E-state index < -0.39 is 22.7 Å². The van der Waals surface area contributed by atoms with Gasteiger partial charge in [0, 0.05) is 5.41 Å². The van der Waals surface area contributed by atoms with Crippen LogP contribution in [0.25, 0.3) is 11.1 Å². The molecule has 2 aromatic rings. The fourth-order valence-electron chi connectivity index (χ4n) is 6.31. The molecule has 0 aromatic heterocycles. The summed E-state index contributed by atoms with van der Waals surface area (Å²) in [4.78, 5) is 24.9. The fraction of sp³-hybridized carbons (Fsp3) is 0.400. The lowest BCUT2D eigenvalue weighted by Crippen LogP contribution is -2.48. The number of hydrogen-bond acceptors (Lipinski definition) is 4. The number of Topliss-reactive ketones (excluding diaryl/α,β-unsaturated/α-hetero) is 1. The van der Waals surface area contributed by atoms with Crippen molar-refractivity contribution in [2.24, 2.45) is 34.3 Å². The molecular formula is C25H26N2O3. The molecule has 0 saturated heterocycles. The molecule has 4 rings (SSSR count). The highest BCUT2D eigenvalue weighted by Gasteiger charge is 2.83. The van der Waals surface area contributed by atoms with Crippen LogP contribution in [0.4, 0.5) is 0 Å². The molecule has 2 aliphatic rings. The van der Waals surface area contributed by atoms with Crippen LogP contribution in [-0.2, 0) is 16.0 Å². The molecule has 0 spiro atoms. The molecule has 0 amide bonds. The first-order chi connectivity index (χ1) is 14.5. The molecule has 5 unspecified atom stereocenters. The van der Waals surface area contributed by atoms with Gasteiger partial charge >= 0.3 is 5.97 Å². The lowest BCUT2D eigenvalue weighted by molar-refractivity contribution is -0.142. The van der Waals surface area contributed by atoms with E-state index in [2.05, 4.69) is 30.3 Å². The number of carbonyl (C=O) groups excluding carboxylic acids is 1. The molecule has 30 heavy (non-hydrogen) atoms. The zero-order valence-corrected chi connectivity index (χ0v) is 17.0. The van der Waals surface area contributed by atoms with Crippen molar-refractivity contribution in [2.75, 3.05) is 6.54 Å². The van der Waals surface area contributed by atoms with Crippen molar-refractivity contribution < 1.29 is 14.7 Å². The molecule has 2 aromatic carbocycles. The second-order valence-electron chi connectivity index (χ2n) is 8.56. The SMILES string of the molecule is CCC12C(CC(Cc3ccc(-c4ccccc4)cc3)C1(C#N)C(=O)CN)C2C(=O)O. The predicted molar refractivity (Wildman–Crippen MR) is 113 cm³/mol. The van der Waals surface area contributed by atoms with Gasteiger partial charge in [0.25, 0.3) is 0 Å². The molecule has 3 N–H and O–H groups in total. The van der Waals surface area contributed by atoms with Gasteiger partial charge in [0.15, 0.2) is 5.78 Å². The normalized spacial score (nSPS) is 31.6. The number of fused-ring (bicyclic) bond motifs is 1. The van der Waals surface area contributed by atoms with Gasteiger partial charge in [-0.25, -0.2) is 0 Å². The molecule has 0 bridgehead atoms. The van der Waals surface area contributed by atoms with Gasteiger partial charge in [-0.1, -0.05) is 61.5 Å². The summed E-state index contributed by atoms with van der Waals surface area (Å²) >= 11 is 0. The standard InChI is InChI=1S/C25H26N2O3/c1-2-24-20(22(24)23(29)30)13-19(25(24,15-27)21(28)14-26)12-16-8-10-18(11-9-16)17-6-4-3-5-7-17/h3-11,19-20,22H,2,12-14,26H2,1H3,(H,29,30). The Balaban J connectivity index is 1.65. The summed E-state index contributed by atoms with van der Waals surface area (Å²) in [6.45, 7) is 1.65. The highest BCUT2D eigenvalue weighted by atomic mass is 16.4. The van der Waals surface area contributed by atoms with Gasteiger partial charge in [-0.15, -0.1) is 0 Å². The Morgan fingerprint density at radius 1 is 1.13 bits per heavy atom. The molecule has 2 fully saturated rings. The number of carboxylic acids is 1. The Morgan fingerprint density at radius 3 is 2.30 bits per heavy atom. The van der Waals surface area contributed by atoms with E-state index in [1.807, 2.05) is 37.3 Å². The highest BCUT2D eigenvalue weighted by molar-refractivity contribution is 5.94. The number of hydrogen-bond donors (Lipinski definition) is 2. The average Bonchev–Trinajstić information content (AvgIpc) is 3.35. The number of nitrogens with two attached hydrogens (primary N) is 1. The zero-order valence-electron chi connectivity index (χ0n) is 17.0. The maximum absolute atomic E-state index is 13.0. The number of rotatable bonds is 7. The summed E-state index contributed by atoms with van der Waals surface area (Å²) in [5.41, 5.74) is 6.88. The van der Waals surface area contributed by atoms with Crippen LogP contribution in [0.3, 0.4) is 0 Å². The van der Waals surface area contributed by atoms with Gasteiger partial charge in [-0.05, 0) is 47.8 Å². The van der Waals surface area contributed by atoms with E-state index >= 15 is 0 Å². The smallest absolute Gasteiger partial charge is 0.307 e. The number of nitriles is 1. The quantitative estimate of drug-likeness (QED) is 0.735. The Morgan fingerprint density at radius 2 is 1.77 bits per heavy atom. The number of nitrogens with zero attached hydrogens (tertiary/aromatic N) is 1. The van der Waals surface area contributed by atoms with Crippen LogP contribution in [0.5, 0.6) is 0 Å². The summed E-state index contributed by atoms with van der Waals surface area (Å²) in [5.74, 6) is -2.21. The molecule has 0 radical (unpaired) electrons. The summed E-state index contributed by atoms with van der Waals surface area (Å²) in [7, 11) is 0. The van der Waals surface area contributed by atoms with Crippen LogP contribution in [0.2, 0.25) is 0 Å². The third-order valence-corrected chi connectivity index (χ3v) is 7.59. The van der Waals surface area contributed by atoms with Crippen molar-refractivity contribution in [1.82, 2.24) is 0 Å².